The zero-order valence-corrected chi connectivity index (χ0v) is 14.6. The van der Waals surface area contributed by atoms with Gasteiger partial charge in [0, 0.05) is 17.5 Å². The van der Waals surface area contributed by atoms with Gasteiger partial charge in [0.2, 0.25) is 10.0 Å². The number of piperidine rings is 1. The van der Waals surface area contributed by atoms with Crippen LogP contribution in [-0.2, 0) is 10.0 Å². The Morgan fingerprint density at radius 3 is 2.81 bits per heavy atom. The molecule has 1 aliphatic heterocycles. The fraction of sp³-hybridized carbons (Fsp3) is 0.733. The first-order valence-corrected chi connectivity index (χ1v) is 10.1. The Bertz CT molecular complexity index is 540. The summed E-state index contributed by atoms with van der Waals surface area (Å²) >= 11 is 1.32. The van der Waals surface area contributed by atoms with Crippen molar-refractivity contribution < 1.29 is 8.42 Å². The number of aryl methyl sites for hydroxylation is 1. The number of likely N-dealkylation sites (tertiary alicyclic amines) is 1. The van der Waals surface area contributed by atoms with Crippen molar-refractivity contribution in [1.82, 2.24) is 9.62 Å². The lowest BCUT2D eigenvalue weighted by atomic mass is 10.0. The molecule has 2 rings (SSSR count). The monoisotopic (exact) mass is 330 g/mol. The quantitative estimate of drug-likeness (QED) is 0.782. The van der Waals surface area contributed by atoms with E-state index >= 15 is 0 Å². The maximum atomic E-state index is 12.1. The molecule has 0 unspecified atom stereocenters. The van der Waals surface area contributed by atoms with Gasteiger partial charge >= 0.3 is 0 Å². The smallest absolute Gasteiger partial charge is 0.250 e. The summed E-state index contributed by atoms with van der Waals surface area (Å²) in [4.78, 5) is 3.55. The second kappa shape index (κ2) is 7.72. The first-order chi connectivity index (χ1) is 9.99. The van der Waals surface area contributed by atoms with Crippen molar-refractivity contribution in [3.05, 3.63) is 17.0 Å². The van der Waals surface area contributed by atoms with Crippen molar-refractivity contribution in [3.8, 4) is 0 Å². The van der Waals surface area contributed by atoms with Crippen LogP contribution in [0.15, 0.2) is 16.3 Å². The summed E-state index contributed by atoms with van der Waals surface area (Å²) in [5, 5.41) is 0. The van der Waals surface area contributed by atoms with Crippen LogP contribution >= 0.6 is 11.3 Å². The van der Waals surface area contributed by atoms with Gasteiger partial charge in [-0.15, -0.1) is 11.3 Å². The molecule has 0 saturated carbocycles. The molecule has 0 radical (unpaired) electrons. The van der Waals surface area contributed by atoms with Crippen molar-refractivity contribution in [2.45, 2.75) is 56.2 Å². The molecule has 4 nitrogen and oxygen atoms in total. The van der Waals surface area contributed by atoms with Crippen molar-refractivity contribution in [2.75, 3.05) is 19.6 Å². The lowest BCUT2D eigenvalue weighted by Crippen LogP contribution is -2.38. The molecule has 0 aliphatic carbocycles. The molecule has 1 fully saturated rings. The van der Waals surface area contributed by atoms with Gasteiger partial charge in [0.15, 0.2) is 0 Å². The van der Waals surface area contributed by atoms with Crippen LogP contribution in [0.5, 0.6) is 0 Å². The number of unbranched alkanes of at least 4 members (excludes halogenated alkanes) is 1. The van der Waals surface area contributed by atoms with Crippen molar-refractivity contribution in [2.24, 2.45) is 0 Å². The minimum absolute atomic E-state index is 0.421. The summed E-state index contributed by atoms with van der Waals surface area (Å²) < 4.78 is 27.2. The standard InChI is InChI=1S/C15H26N2O2S2/c1-13-7-3-5-11-17(13)12-6-4-10-16-21(18,19)15-9-8-14(2)20-15/h8-9,13,16H,3-7,10-12H2,1-2H3/t13-/m1/s1. The third kappa shape index (κ3) is 5.06. The van der Waals surface area contributed by atoms with E-state index in [1.165, 1.54) is 37.1 Å². The van der Waals surface area contributed by atoms with E-state index in [-0.39, 0.29) is 0 Å². The van der Waals surface area contributed by atoms with E-state index in [4.69, 9.17) is 0 Å². The molecule has 1 aromatic heterocycles. The van der Waals surface area contributed by atoms with Gasteiger partial charge in [-0.3, -0.25) is 0 Å². The first kappa shape index (κ1) is 16.9. The zero-order valence-electron chi connectivity index (χ0n) is 13.0. The van der Waals surface area contributed by atoms with Crippen LogP contribution in [0.2, 0.25) is 0 Å². The fourth-order valence-corrected chi connectivity index (χ4v) is 5.17. The van der Waals surface area contributed by atoms with Crippen LogP contribution in [0, 0.1) is 6.92 Å². The van der Waals surface area contributed by atoms with Gasteiger partial charge in [0.05, 0.1) is 0 Å². The first-order valence-electron chi connectivity index (χ1n) is 7.79. The minimum atomic E-state index is -3.30. The van der Waals surface area contributed by atoms with Crippen molar-refractivity contribution in [3.63, 3.8) is 0 Å². The maximum Gasteiger partial charge on any atom is 0.250 e. The summed E-state index contributed by atoms with van der Waals surface area (Å²) in [6.07, 6.45) is 5.89. The summed E-state index contributed by atoms with van der Waals surface area (Å²) in [7, 11) is -3.30. The van der Waals surface area contributed by atoms with E-state index in [9.17, 15) is 8.42 Å². The molecular weight excluding hydrogens is 304 g/mol. The molecule has 0 amide bonds. The predicted octanol–water partition coefficient (Wildman–Crippen LogP) is 2.99. The molecule has 6 heteroatoms. The number of nitrogens with one attached hydrogen (secondary N) is 1. The highest BCUT2D eigenvalue weighted by Gasteiger charge is 2.18. The van der Waals surface area contributed by atoms with Gasteiger partial charge in [-0.25, -0.2) is 13.1 Å². The van der Waals surface area contributed by atoms with Gasteiger partial charge < -0.3 is 4.90 Å². The number of rotatable bonds is 7. The number of nitrogens with zero attached hydrogens (tertiary/aromatic N) is 1. The second-order valence-corrected chi connectivity index (χ2v) is 9.13. The van der Waals surface area contributed by atoms with Crippen LogP contribution in [0.1, 0.15) is 43.9 Å². The van der Waals surface area contributed by atoms with Crippen LogP contribution < -0.4 is 4.72 Å². The topological polar surface area (TPSA) is 49.4 Å². The van der Waals surface area contributed by atoms with Crippen molar-refractivity contribution in [1.29, 1.82) is 0 Å². The number of hydrogen-bond donors (Lipinski definition) is 1. The lowest BCUT2D eigenvalue weighted by molar-refractivity contribution is 0.158. The molecule has 1 atom stereocenters. The van der Waals surface area contributed by atoms with Gasteiger partial charge in [-0.2, -0.15) is 0 Å². The largest absolute Gasteiger partial charge is 0.301 e. The molecular formula is C15H26N2O2S2. The van der Waals surface area contributed by atoms with E-state index in [0.717, 1.165) is 24.3 Å². The zero-order chi connectivity index (χ0) is 15.3. The number of thiophene rings is 1. The Hall–Kier alpha value is -0.430. The molecule has 0 bridgehead atoms. The van der Waals surface area contributed by atoms with Crippen LogP contribution in [0.25, 0.3) is 0 Å². The molecule has 2 heterocycles. The van der Waals surface area contributed by atoms with Crippen LogP contribution in [-0.4, -0.2) is 39.0 Å². The molecule has 1 N–H and O–H groups in total. The third-order valence-corrected chi connectivity index (χ3v) is 7.04. The molecule has 0 spiro atoms. The van der Waals surface area contributed by atoms with Gasteiger partial charge in [-0.05, 0) is 64.8 Å². The van der Waals surface area contributed by atoms with Gasteiger partial charge in [0.1, 0.15) is 4.21 Å². The normalized spacial score (nSPS) is 20.8. The molecule has 1 aromatic rings. The Balaban J connectivity index is 1.67. The maximum absolute atomic E-state index is 12.1. The summed E-state index contributed by atoms with van der Waals surface area (Å²) in [5.74, 6) is 0. The van der Waals surface area contributed by atoms with E-state index in [0.29, 0.717) is 16.8 Å². The fourth-order valence-electron chi connectivity index (χ4n) is 2.76. The van der Waals surface area contributed by atoms with Crippen LogP contribution in [0.3, 0.4) is 0 Å². The molecule has 1 saturated heterocycles. The van der Waals surface area contributed by atoms with E-state index in [2.05, 4.69) is 16.5 Å². The molecule has 0 aromatic carbocycles. The third-order valence-electron chi connectivity index (χ3n) is 4.09. The highest BCUT2D eigenvalue weighted by atomic mass is 32.2. The molecule has 120 valence electrons. The minimum Gasteiger partial charge on any atom is -0.301 e. The van der Waals surface area contributed by atoms with Crippen LogP contribution in [0.4, 0.5) is 0 Å². The Labute approximate surface area is 132 Å². The molecule has 21 heavy (non-hydrogen) atoms. The predicted molar refractivity (Wildman–Crippen MR) is 88.4 cm³/mol. The second-order valence-electron chi connectivity index (χ2n) is 5.85. The number of hydrogen-bond acceptors (Lipinski definition) is 4. The molecule has 1 aliphatic rings. The Morgan fingerprint density at radius 2 is 2.14 bits per heavy atom. The average molecular weight is 331 g/mol. The van der Waals surface area contributed by atoms with E-state index < -0.39 is 10.0 Å². The van der Waals surface area contributed by atoms with E-state index in [1.807, 2.05) is 13.0 Å². The van der Waals surface area contributed by atoms with Gasteiger partial charge in [-0.1, -0.05) is 6.42 Å². The summed E-state index contributed by atoms with van der Waals surface area (Å²) in [6, 6.07) is 4.21. The average Bonchev–Trinajstić information content (AvgIpc) is 2.88. The van der Waals surface area contributed by atoms with Crippen molar-refractivity contribution >= 4 is 21.4 Å². The van der Waals surface area contributed by atoms with Gasteiger partial charge in [0.25, 0.3) is 0 Å². The highest BCUT2D eigenvalue weighted by molar-refractivity contribution is 7.91. The summed E-state index contributed by atoms with van der Waals surface area (Å²) in [5.41, 5.74) is 0. The number of sulfonamides is 1. The SMILES string of the molecule is Cc1ccc(S(=O)(=O)NCCCCN2CCCC[C@H]2C)s1. The van der Waals surface area contributed by atoms with E-state index in [1.54, 1.807) is 6.07 Å². The lowest BCUT2D eigenvalue weighted by Gasteiger charge is -2.33. The Morgan fingerprint density at radius 1 is 1.33 bits per heavy atom. The Kier molecular flexibility index (Phi) is 6.22. The summed E-state index contributed by atoms with van der Waals surface area (Å²) in [6.45, 7) is 7.02. The highest BCUT2D eigenvalue weighted by Crippen LogP contribution is 2.20.